The Morgan fingerprint density at radius 3 is 2.92 bits per heavy atom. The number of amides is 1. The standard InChI is InChI=1S/C8H17N3O.ClH/c1-7-6-10-4-5-11(7)8(12)2-3-9;/h7,10H,2-6,9H2,1H3;1H/t7-;/m1./s1. The van der Waals surface area contributed by atoms with Crippen molar-refractivity contribution in [1.29, 1.82) is 0 Å². The van der Waals surface area contributed by atoms with Crippen molar-refractivity contribution in [3.05, 3.63) is 0 Å². The third kappa shape index (κ3) is 3.50. The van der Waals surface area contributed by atoms with Gasteiger partial charge in [-0.2, -0.15) is 0 Å². The quantitative estimate of drug-likeness (QED) is 0.647. The second-order valence-electron chi connectivity index (χ2n) is 3.18. The summed E-state index contributed by atoms with van der Waals surface area (Å²) in [5.74, 6) is 0.187. The average Bonchev–Trinajstić information content (AvgIpc) is 2.05. The molecule has 1 atom stereocenters. The maximum Gasteiger partial charge on any atom is 0.224 e. The fraction of sp³-hybridized carbons (Fsp3) is 0.875. The Labute approximate surface area is 85.3 Å². The van der Waals surface area contributed by atoms with Crippen LogP contribution < -0.4 is 11.1 Å². The van der Waals surface area contributed by atoms with Gasteiger partial charge in [0.15, 0.2) is 0 Å². The summed E-state index contributed by atoms with van der Waals surface area (Å²) >= 11 is 0. The number of hydrogen-bond acceptors (Lipinski definition) is 3. The minimum Gasteiger partial charge on any atom is -0.337 e. The summed E-state index contributed by atoms with van der Waals surface area (Å²) in [6, 6.07) is 0.317. The lowest BCUT2D eigenvalue weighted by atomic mass is 10.2. The number of nitrogens with one attached hydrogen (secondary N) is 1. The number of nitrogens with two attached hydrogens (primary N) is 1. The predicted molar refractivity (Wildman–Crippen MR) is 55.0 cm³/mol. The maximum atomic E-state index is 11.4. The minimum atomic E-state index is 0. The van der Waals surface area contributed by atoms with Gasteiger partial charge >= 0.3 is 0 Å². The summed E-state index contributed by atoms with van der Waals surface area (Å²) in [5, 5.41) is 3.24. The highest BCUT2D eigenvalue weighted by Crippen LogP contribution is 2.03. The van der Waals surface area contributed by atoms with Gasteiger partial charge in [-0.25, -0.2) is 0 Å². The van der Waals surface area contributed by atoms with Crippen LogP contribution in [0.3, 0.4) is 0 Å². The molecule has 3 N–H and O–H groups in total. The molecule has 1 saturated heterocycles. The first-order chi connectivity index (χ1) is 5.75. The number of carbonyl (C=O) groups is 1. The first kappa shape index (κ1) is 12.7. The van der Waals surface area contributed by atoms with Crippen molar-refractivity contribution in [2.75, 3.05) is 26.2 Å². The van der Waals surface area contributed by atoms with E-state index in [9.17, 15) is 4.79 Å². The summed E-state index contributed by atoms with van der Waals surface area (Å²) < 4.78 is 0. The van der Waals surface area contributed by atoms with E-state index in [1.54, 1.807) is 0 Å². The molecule has 5 heteroatoms. The molecule has 0 aromatic heterocycles. The highest BCUT2D eigenvalue weighted by Gasteiger charge is 2.21. The van der Waals surface area contributed by atoms with E-state index >= 15 is 0 Å². The van der Waals surface area contributed by atoms with Crippen LogP contribution in [0.1, 0.15) is 13.3 Å². The van der Waals surface area contributed by atoms with Gasteiger partial charge in [-0.15, -0.1) is 12.4 Å². The smallest absolute Gasteiger partial charge is 0.224 e. The molecule has 0 spiro atoms. The molecule has 1 rings (SSSR count). The second-order valence-corrected chi connectivity index (χ2v) is 3.18. The number of halogens is 1. The lowest BCUT2D eigenvalue weighted by molar-refractivity contribution is -0.133. The molecule has 0 saturated carbocycles. The summed E-state index contributed by atoms with van der Waals surface area (Å²) in [6.07, 6.45) is 0.477. The first-order valence-corrected chi connectivity index (χ1v) is 4.46. The van der Waals surface area contributed by atoms with E-state index in [1.165, 1.54) is 0 Å². The van der Waals surface area contributed by atoms with Gasteiger partial charge < -0.3 is 16.0 Å². The van der Waals surface area contributed by atoms with Crippen molar-refractivity contribution in [2.24, 2.45) is 5.73 Å². The van der Waals surface area contributed by atoms with Gasteiger partial charge in [-0.05, 0) is 6.92 Å². The Bertz CT molecular complexity index is 165. The molecule has 0 aromatic rings. The zero-order valence-corrected chi connectivity index (χ0v) is 8.77. The van der Waals surface area contributed by atoms with Crippen LogP contribution in [0, 0.1) is 0 Å². The molecule has 4 nitrogen and oxygen atoms in total. The van der Waals surface area contributed by atoms with Crippen molar-refractivity contribution in [2.45, 2.75) is 19.4 Å². The lowest BCUT2D eigenvalue weighted by Gasteiger charge is -2.33. The van der Waals surface area contributed by atoms with Gasteiger partial charge in [0.25, 0.3) is 0 Å². The van der Waals surface area contributed by atoms with Crippen LogP contribution in [-0.4, -0.2) is 43.0 Å². The fourth-order valence-electron chi connectivity index (χ4n) is 1.48. The van der Waals surface area contributed by atoms with E-state index in [0.29, 0.717) is 19.0 Å². The largest absolute Gasteiger partial charge is 0.337 e. The summed E-state index contributed by atoms with van der Waals surface area (Å²) in [6.45, 7) is 5.13. The lowest BCUT2D eigenvalue weighted by Crippen LogP contribution is -2.52. The molecule has 1 amide bonds. The van der Waals surface area contributed by atoms with Crippen LogP contribution in [-0.2, 0) is 4.79 Å². The van der Waals surface area contributed by atoms with Crippen LogP contribution in [0.5, 0.6) is 0 Å². The molecule has 0 bridgehead atoms. The van der Waals surface area contributed by atoms with Crippen molar-refractivity contribution in [3.8, 4) is 0 Å². The van der Waals surface area contributed by atoms with E-state index < -0.39 is 0 Å². The average molecular weight is 208 g/mol. The first-order valence-electron chi connectivity index (χ1n) is 4.46. The van der Waals surface area contributed by atoms with Crippen LogP contribution in [0.15, 0.2) is 0 Å². The van der Waals surface area contributed by atoms with Crippen molar-refractivity contribution < 1.29 is 4.79 Å². The number of nitrogens with zero attached hydrogens (tertiary/aromatic N) is 1. The number of hydrogen-bond donors (Lipinski definition) is 2. The van der Waals surface area contributed by atoms with Crippen molar-refractivity contribution in [1.82, 2.24) is 10.2 Å². The van der Waals surface area contributed by atoms with Crippen LogP contribution in [0.4, 0.5) is 0 Å². The molecule has 1 fully saturated rings. The molecular formula is C8H18ClN3O. The minimum absolute atomic E-state index is 0. The normalized spacial score (nSPS) is 22.3. The third-order valence-electron chi connectivity index (χ3n) is 2.18. The van der Waals surface area contributed by atoms with E-state index in [-0.39, 0.29) is 18.3 Å². The third-order valence-corrected chi connectivity index (χ3v) is 2.18. The molecule has 0 radical (unpaired) electrons. The van der Waals surface area contributed by atoms with Gasteiger partial charge in [0.2, 0.25) is 5.91 Å². The molecule has 1 aliphatic heterocycles. The zero-order valence-electron chi connectivity index (χ0n) is 7.95. The number of piperazine rings is 1. The molecular weight excluding hydrogens is 190 g/mol. The fourth-order valence-corrected chi connectivity index (χ4v) is 1.48. The van der Waals surface area contributed by atoms with Crippen molar-refractivity contribution in [3.63, 3.8) is 0 Å². The SMILES string of the molecule is C[C@@H]1CNCCN1C(=O)CCN.Cl. The van der Waals surface area contributed by atoms with E-state index in [4.69, 9.17) is 5.73 Å². The Hall–Kier alpha value is -0.320. The van der Waals surface area contributed by atoms with Gasteiger partial charge in [0.1, 0.15) is 0 Å². The molecule has 0 aliphatic carbocycles. The van der Waals surface area contributed by atoms with Crippen LogP contribution >= 0.6 is 12.4 Å². The van der Waals surface area contributed by atoms with Crippen LogP contribution in [0.25, 0.3) is 0 Å². The van der Waals surface area contributed by atoms with Crippen molar-refractivity contribution >= 4 is 18.3 Å². The zero-order chi connectivity index (χ0) is 8.97. The maximum absolute atomic E-state index is 11.4. The monoisotopic (exact) mass is 207 g/mol. The molecule has 1 aliphatic rings. The number of rotatable bonds is 2. The van der Waals surface area contributed by atoms with Gasteiger partial charge in [0, 0.05) is 38.6 Å². The summed E-state index contributed by atoms with van der Waals surface area (Å²) in [5.41, 5.74) is 5.32. The van der Waals surface area contributed by atoms with Gasteiger partial charge in [0.05, 0.1) is 0 Å². The predicted octanol–water partition coefficient (Wildman–Crippen LogP) is -0.423. The highest BCUT2D eigenvalue weighted by molar-refractivity contribution is 5.85. The summed E-state index contributed by atoms with van der Waals surface area (Å²) in [4.78, 5) is 13.3. The van der Waals surface area contributed by atoms with Gasteiger partial charge in [-0.1, -0.05) is 0 Å². The van der Waals surface area contributed by atoms with E-state index in [2.05, 4.69) is 12.2 Å². The molecule has 1 heterocycles. The second kappa shape index (κ2) is 6.18. The summed E-state index contributed by atoms with van der Waals surface area (Å²) in [7, 11) is 0. The van der Waals surface area contributed by atoms with E-state index in [0.717, 1.165) is 19.6 Å². The topological polar surface area (TPSA) is 58.4 Å². The molecule has 13 heavy (non-hydrogen) atoms. The molecule has 78 valence electrons. The number of carbonyl (C=O) groups excluding carboxylic acids is 1. The Kier molecular flexibility index (Phi) is 6.03. The van der Waals surface area contributed by atoms with Gasteiger partial charge in [-0.3, -0.25) is 4.79 Å². The molecule has 0 unspecified atom stereocenters. The Balaban J connectivity index is 0.00000144. The molecule has 0 aromatic carbocycles. The van der Waals surface area contributed by atoms with Crippen LogP contribution in [0.2, 0.25) is 0 Å². The Morgan fingerprint density at radius 1 is 1.69 bits per heavy atom. The van der Waals surface area contributed by atoms with E-state index in [1.807, 2.05) is 4.90 Å². The highest BCUT2D eigenvalue weighted by atomic mass is 35.5. The Morgan fingerprint density at radius 2 is 2.38 bits per heavy atom.